The van der Waals surface area contributed by atoms with Crippen molar-refractivity contribution in [1.29, 1.82) is 0 Å². The van der Waals surface area contributed by atoms with Crippen LogP contribution in [0, 0.1) is 6.92 Å². The van der Waals surface area contributed by atoms with E-state index in [1.165, 1.54) is 5.56 Å². The van der Waals surface area contributed by atoms with Gasteiger partial charge in [0.25, 0.3) is 0 Å². The summed E-state index contributed by atoms with van der Waals surface area (Å²) in [5.41, 5.74) is 3.34. The molecule has 2 aromatic rings. The molecule has 1 heterocycles. The van der Waals surface area contributed by atoms with Crippen molar-refractivity contribution in [2.75, 3.05) is 0 Å². The number of benzene rings is 1. The third-order valence-corrected chi connectivity index (χ3v) is 2.27. The van der Waals surface area contributed by atoms with Gasteiger partial charge >= 0.3 is 0 Å². The van der Waals surface area contributed by atoms with E-state index in [4.69, 9.17) is 4.52 Å². The van der Waals surface area contributed by atoms with Crippen LogP contribution in [0.1, 0.15) is 5.56 Å². The third-order valence-electron chi connectivity index (χ3n) is 1.81. The van der Waals surface area contributed by atoms with Gasteiger partial charge in [-0.05, 0) is 30.2 Å². The number of hydrogen-bond donors (Lipinski definition) is 0. The highest BCUT2D eigenvalue weighted by Gasteiger charge is 2.01. The largest absolute Gasteiger partial charge is 0.364 e. The highest BCUT2D eigenvalue weighted by Crippen LogP contribution is 2.24. The molecule has 0 amide bonds. The molecule has 0 aliphatic carbocycles. The van der Waals surface area contributed by atoms with Crippen LogP contribution in [-0.4, -0.2) is 5.16 Å². The summed E-state index contributed by atoms with van der Waals surface area (Å²) in [6.45, 7) is 2.06. The molecular weight excluding hydrogens is 230 g/mol. The Hall–Kier alpha value is -1.09. The molecule has 0 unspecified atom stereocenters. The lowest BCUT2D eigenvalue weighted by Gasteiger charge is -1.99. The quantitative estimate of drug-likeness (QED) is 0.760. The van der Waals surface area contributed by atoms with E-state index in [0.29, 0.717) is 0 Å². The zero-order valence-electron chi connectivity index (χ0n) is 7.12. The molecule has 0 radical (unpaired) electrons. The summed E-state index contributed by atoms with van der Waals surface area (Å²) in [5.74, 6) is 0. The maximum Gasteiger partial charge on any atom is 0.131 e. The minimum Gasteiger partial charge on any atom is -0.364 e. The molecular formula is C10H8BrNO. The molecule has 0 saturated carbocycles. The summed E-state index contributed by atoms with van der Waals surface area (Å²) in [4.78, 5) is 0. The minimum absolute atomic E-state index is 1.00. The van der Waals surface area contributed by atoms with Crippen LogP contribution < -0.4 is 0 Å². The van der Waals surface area contributed by atoms with Gasteiger partial charge in [0.15, 0.2) is 0 Å². The Morgan fingerprint density at radius 2 is 2.08 bits per heavy atom. The summed E-state index contributed by atoms with van der Waals surface area (Å²) in [6.07, 6.45) is 3.35. The molecule has 2 rings (SSSR count). The van der Waals surface area contributed by atoms with E-state index in [9.17, 15) is 0 Å². The van der Waals surface area contributed by atoms with Crippen LogP contribution in [0.25, 0.3) is 11.1 Å². The maximum absolute atomic E-state index is 4.78. The van der Waals surface area contributed by atoms with Gasteiger partial charge in [0, 0.05) is 10.0 Å². The molecule has 0 aliphatic rings. The molecule has 0 fully saturated rings. The van der Waals surface area contributed by atoms with E-state index < -0.39 is 0 Å². The van der Waals surface area contributed by atoms with Crippen LogP contribution in [0.3, 0.4) is 0 Å². The Bertz CT molecular complexity index is 389. The van der Waals surface area contributed by atoms with E-state index in [2.05, 4.69) is 40.1 Å². The van der Waals surface area contributed by atoms with Crippen molar-refractivity contribution in [3.8, 4) is 11.1 Å². The molecule has 0 atom stereocenters. The molecule has 0 spiro atoms. The lowest BCUT2D eigenvalue weighted by atomic mass is 10.1. The van der Waals surface area contributed by atoms with Gasteiger partial charge in [0.2, 0.25) is 0 Å². The summed E-state index contributed by atoms with van der Waals surface area (Å²) < 4.78 is 5.86. The van der Waals surface area contributed by atoms with Gasteiger partial charge in [-0.2, -0.15) is 0 Å². The number of rotatable bonds is 1. The van der Waals surface area contributed by atoms with Crippen molar-refractivity contribution in [2.24, 2.45) is 0 Å². The van der Waals surface area contributed by atoms with Gasteiger partial charge in [0.1, 0.15) is 6.26 Å². The smallest absolute Gasteiger partial charge is 0.131 e. The Morgan fingerprint density at radius 3 is 2.69 bits per heavy atom. The van der Waals surface area contributed by atoms with Crippen molar-refractivity contribution < 1.29 is 4.52 Å². The summed E-state index contributed by atoms with van der Waals surface area (Å²) >= 11 is 3.45. The second kappa shape index (κ2) is 3.34. The van der Waals surface area contributed by atoms with Crippen LogP contribution in [0.4, 0.5) is 0 Å². The Balaban J connectivity index is 2.53. The summed E-state index contributed by atoms with van der Waals surface area (Å²) in [6, 6.07) is 6.20. The molecule has 0 bridgehead atoms. The van der Waals surface area contributed by atoms with Gasteiger partial charge in [-0.1, -0.05) is 27.2 Å². The minimum atomic E-state index is 1.00. The van der Waals surface area contributed by atoms with E-state index >= 15 is 0 Å². The lowest BCUT2D eigenvalue weighted by molar-refractivity contribution is 0.420. The first-order valence-electron chi connectivity index (χ1n) is 3.92. The predicted molar refractivity (Wildman–Crippen MR) is 54.4 cm³/mol. The summed E-state index contributed by atoms with van der Waals surface area (Å²) in [5, 5.41) is 3.67. The molecule has 0 N–H and O–H groups in total. The van der Waals surface area contributed by atoms with Gasteiger partial charge in [-0.25, -0.2) is 0 Å². The Kier molecular flexibility index (Phi) is 2.19. The van der Waals surface area contributed by atoms with Crippen LogP contribution in [0.2, 0.25) is 0 Å². The van der Waals surface area contributed by atoms with Crippen molar-refractivity contribution in [3.63, 3.8) is 0 Å². The molecule has 1 aromatic heterocycles. The van der Waals surface area contributed by atoms with Crippen molar-refractivity contribution in [3.05, 3.63) is 40.7 Å². The number of nitrogens with zero attached hydrogens (tertiary/aromatic N) is 1. The van der Waals surface area contributed by atoms with Gasteiger partial charge < -0.3 is 4.52 Å². The first kappa shape index (κ1) is 8.51. The highest BCUT2D eigenvalue weighted by molar-refractivity contribution is 9.10. The van der Waals surface area contributed by atoms with Crippen molar-refractivity contribution >= 4 is 15.9 Å². The number of aryl methyl sites for hydroxylation is 1. The van der Waals surface area contributed by atoms with Gasteiger partial charge in [0.05, 0.1) is 6.20 Å². The maximum atomic E-state index is 4.78. The zero-order valence-corrected chi connectivity index (χ0v) is 8.71. The second-order valence-corrected chi connectivity index (χ2v) is 3.85. The average Bonchev–Trinajstić information content (AvgIpc) is 2.53. The Morgan fingerprint density at radius 1 is 1.23 bits per heavy atom. The third kappa shape index (κ3) is 1.80. The topological polar surface area (TPSA) is 26.0 Å². The van der Waals surface area contributed by atoms with Gasteiger partial charge in [-0.15, -0.1) is 0 Å². The Labute approximate surface area is 84.7 Å². The fourth-order valence-corrected chi connectivity index (χ4v) is 1.86. The van der Waals surface area contributed by atoms with Crippen LogP contribution >= 0.6 is 15.9 Å². The molecule has 3 heteroatoms. The number of hydrogen-bond acceptors (Lipinski definition) is 2. The average molecular weight is 238 g/mol. The number of halogens is 1. The van der Waals surface area contributed by atoms with Crippen LogP contribution in [0.5, 0.6) is 0 Å². The molecule has 2 nitrogen and oxygen atoms in total. The standard InChI is InChI=1S/C10H8BrNO/c1-7-2-8(4-10(11)3-7)9-5-12-13-6-9/h2-6H,1H3. The monoisotopic (exact) mass is 237 g/mol. The zero-order chi connectivity index (χ0) is 9.26. The molecule has 0 saturated heterocycles. The second-order valence-electron chi connectivity index (χ2n) is 2.93. The van der Waals surface area contributed by atoms with E-state index in [1.807, 2.05) is 6.07 Å². The fourth-order valence-electron chi connectivity index (χ4n) is 1.25. The van der Waals surface area contributed by atoms with E-state index in [-0.39, 0.29) is 0 Å². The normalized spacial score (nSPS) is 10.3. The number of aromatic nitrogens is 1. The summed E-state index contributed by atoms with van der Waals surface area (Å²) in [7, 11) is 0. The first-order valence-corrected chi connectivity index (χ1v) is 4.72. The van der Waals surface area contributed by atoms with Crippen molar-refractivity contribution in [1.82, 2.24) is 5.16 Å². The SMILES string of the molecule is Cc1cc(Br)cc(-c2cnoc2)c1. The molecule has 13 heavy (non-hydrogen) atoms. The van der Waals surface area contributed by atoms with Gasteiger partial charge in [-0.3, -0.25) is 0 Å². The van der Waals surface area contributed by atoms with Crippen LogP contribution in [0.15, 0.2) is 39.7 Å². The lowest BCUT2D eigenvalue weighted by Crippen LogP contribution is -1.77. The molecule has 0 aliphatic heterocycles. The molecule has 1 aromatic carbocycles. The fraction of sp³-hybridized carbons (Fsp3) is 0.100. The van der Waals surface area contributed by atoms with E-state index in [0.717, 1.165) is 15.6 Å². The van der Waals surface area contributed by atoms with E-state index in [1.54, 1.807) is 12.5 Å². The first-order chi connectivity index (χ1) is 6.25. The van der Waals surface area contributed by atoms with Crippen molar-refractivity contribution in [2.45, 2.75) is 6.92 Å². The highest BCUT2D eigenvalue weighted by atomic mass is 79.9. The molecule has 66 valence electrons. The van der Waals surface area contributed by atoms with Crippen LogP contribution in [-0.2, 0) is 0 Å². The predicted octanol–water partition coefficient (Wildman–Crippen LogP) is 3.41.